The van der Waals surface area contributed by atoms with E-state index in [2.05, 4.69) is 40.3 Å². The van der Waals surface area contributed by atoms with Crippen molar-refractivity contribution in [2.24, 2.45) is 0 Å². The number of fused-ring (bicyclic) bond motifs is 1. The number of hydrogen-bond acceptors (Lipinski definition) is 6. The summed E-state index contributed by atoms with van der Waals surface area (Å²) in [5, 5.41) is 8.02. The minimum absolute atomic E-state index is 0.142. The minimum Gasteiger partial charge on any atom is -0.309 e. The summed E-state index contributed by atoms with van der Waals surface area (Å²) in [6.07, 6.45) is 2.89. The molecule has 3 heterocycles. The van der Waals surface area contributed by atoms with E-state index in [4.69, 9.17) is 0 Å². The van der Waals surface area contributed by atoms with Gasteiger partial charge >= 0.3 is 0 Å². The SMILES string of the molecule is CC(C)c1cc2c(C(C)C)nn(CC(=O)Nc3ccncn3)c(=O)c2s1. The molecule has 0 saturated heterocycles. The number of hydrogen-bond donors (Lipinski definition) is 1. The molecule has 0 aliphatic rings. The van der Waals surface area contributed by atoms with Gasteiger partial charge in [0.15, 0.2) is 0 Å². The predicted molar refractivity (Wildman–Crippen MR) is 103 cm³/mol. The molecule has 1 N–H and O–H groups in total. The van der Waals surface area contributed by atoms with Gasteiger partial charge in [0.1, 0.15) is 23.4 Å². The molecule has 7 nitrogen and oxygen atoms in total. The van der Waals surface area contributed by atoms with Crippen LogP contribution in [-0.2, 0) is 11.3 Å². The van der Waals surface area contributed by atoms with Crippen molar-refractivity contribution in [1.29, 1.82) is 0 Å². The lowest BCUT2D eigenvalue weighted by atomic mass is 10.1. The van der Waals surface area contributed by atoms with Crippen molar-refractivity contribution in [2.45, 2.75) is 46.1 Å². The molecule has 1 amide bonds. The summed E-state index contributed by atoms with van der Waals surface area (Å²) >= 11 is 1.48. The van der Waals surface area contributed by atoms with Crippen LogP contribution < -0.4 is 10.9 Å². The van der Waals surface area contributed by atoms with E-state index in [0.29, 0.717) is 16.4 Å². The van der Waals surface area contributed by atoms with Crippen LogP contribution in [0.1, 0.15) is 50.1 Å². The fourth-order valence-electron chi connectivity index (χ4n) is 2.61. The Morgan fingerprint density at radius 1 is 1.27 bits per heavy atom. The van der Waals surface area contributed by atoms with Gasteiger partial charge in [-0.2, -0.15) is 5.10 Å². The molecule has 0 bridgehead atoms. The molecule has 0 radical (unpaired) electrons. The smallest absolute Gasteiger partial charge is 0.285 e. The molecule has 0 aromatic carbocycles. The van der Waals surface area contributed by atoms with Gasteiger partial charge in [-0.25, -0.2) is 14.6 Å². The standard InChI is InChI=1S/C18H21N5O2S/c1-10(2)13-7-12-16(11(3)4)22-23(18(25)17(12)26-13)8-15(24)21-14-5-6-19-9-20-14/h5-7,9-11H,8H2,1-4H3,(H,19,20,21,24). The third kappa shape index (κ3) is 3.65. The summed E-state index contributed by atoms with van der Waals surface area (Å²) in [6, 6.07) is 3.64. The summed E-state index contributed by atoms with van der Waals surface area (Å²) in [5.41, 5.74) is 0.594. The lowest BCUT2D eigenvalue weighted by molar-refractivity contribution is -0.117. The molecule has 0 fully saturated rings. The predicted octanol–water partition coefficient (Wildman–Crippen LogP) is 3.13. The summed E-state index contributed by atoms with van der Waals surface area (Å²) in [6.45, 7) is 8.10. The van der Waals surface area contributed by atoms with Crippen LogP contribution in [0.3, 0.4) is 0 Å². The molecule has 0 aliphatic carbocycles. The Labute approximate surface area is 155 Å². The van der Waals surface area contributed by atoms with Crippen LogP contribution in [0.5, 0.6) is 0 Å². The molecular formula is C18H21N5O2S. The maximum atomic E-state index is 12.8. The Morgan fingerprint density at radius 3 is 2.65 bits per heavy atom. The number of thiophene rings is 1. The second-order valence-electron chi connectivity index (χ2n) is 6.69. The molecule has 3 rings (SSSR count). The number of carbonyl (C=O) groups excluding carboxylic acids is 1. The maximum Gasteiger partial charge on any atom is 0.285 e. The number of rotatable bonds is 5. The second kappa shape index (κ2) is 7.33. The average molecular weight is 371 g/mol. The quantitative estimate of drug-likeness (QED) is 0.744. The normalized spacial score (nSPS) is 11.5. The van der Waals surface area contributed by atoms with Crippen molar-refractivity contribution in [3.05, 3.63) is 45.6 Å². The van der Waals surface area contributed by atoms with Crippen LogP contribution in [-0.4, -0.2) is 25.7 Å². The maximum absolute atomic E-state index is 12.8. The van der Waals surface area contributed by atoms with Crippen molar-refractivity contribution in [2.75, 3.05) is 5.32 Å². The third-order valence-electron chi connectivity index (χ3n) is 3.94. The zero-order valence-electron chi connectivity index (χ0n) is 15.2. The number of anilines is 1. The van der Waals surface area contributed by atoms with E-state index in [-0.39, 0.29) is 23.9 Å². The number of aromatic nitrogens is 4. The van der Waals surface area contributed by atoms with Crippen molar-refractivity contribution in [1.82, 2.24) is 19.7 Å². The van der Waals surface area contributed by atoms with E-state index >= 15 is 0 Å². The Kier molecular flexibility index (Phi) is 5.13. The van der Waals surface area contributed by atoms with E-state index in [1.807, 2.05) is 13.8 Å². The molecule has 26 heavy (non-hydrogen) atoms. The summed E-state index contributed by atoms with van der Waals surface area (Å²) in [4.78, 5) is 34.0. The fourth-order valence-corrected chi connectivity index (χ4v) is 3.72. The number of carbonyl (C=O) groups is 1. The Hall–Kier alpha value is -2.61. The molecule has 3 aromatic rings. The highest BCUT2D eigenvalue weighted by atomic mass is 32.1. The van der Waals surface area contributed by atoms with Gasteiger partial charge in [-0.3, -0.25) is 9.59 Å². The zero-order valence-corrected chi connectivity index (χ0v) is 16.0. The summed E-state index contributed by atoms with van der Waals surface area (Å²) in [7, 11) is 0. The Balaban J connectivity index is 1.99. The number of nitrogens with one attached hydrogen (secondary N) is 1. The molecule has 136 valence electrons. The van der Waals surface area contributed by atoms with E-state index in [9.17, 15) is 9.59 Å². The van der Waals surface area contributed by atoms with Gasteiger partial charge in [0.2, 0.25) is 5.91 Å². The Morgan fingerprint density at radius 2 is 2.04 bits per heavy atom. The van der Waals surface area contributed by atoms with Gasteiger partial charge in [0, 0.05) is 16.5 Å². The van der Waals surface area contributed by atoms with Crippen molar-refractivity contribution >= 4 is 33.1 Å². The summed E-state index contributed by atoms with van der Waals surface area (Å²) < 4.78 is 1.90. The second-order valence-corrected chi connectivity index (χ2v) is 7.78. The van der Waals surface area contributed by atoms with Gasteiger partial charge in [0.25, 0.3) is 5.56 Å². The molecule has 0 aliphatic heterocycles. The van der Waals surface area contributed by atoms with Gasteiger partial charge < -0.3 is 5.32 Å². The first kappa shape index (κ1) is 18.2. The van der Waals surface area contributed by atoms with Crippen molar-refractivity contribution in [3.8, 4) is 0 Å². The largest absolute Gasteiger partial charge is 0.309 e. The summed E-state index contributed by atoms with van der Waals surface area (Å²) in [5.74, 6) is 0.514. The van der Waals surface area contributed by atoms with E-state index < -0.39 is 0 Å². The number of nitrogens with zero attached hydrogens (tertiary/aromatic N) is 4. The van der Waals surface area contributed by atoms with Crippen LogP contribution in [0.2, 0.25) is 0 Å². The zero-order chi connectivity index (χ0) is 18.8. The van der Waals surface area contributed by atoms with Crippen LogP contribution in [0.25, 0.3) is 10.1 Å². The molecule has 0 spiro atoms. The molecule has 0 atom stereocenters. The highest BCUT2D eigenvalue weighted by Crippen LogP contribution is 2.32. The van der Waals surface area contributed by atoms with E-state index in [1.165, 1.54) is 28.5 Å². The third-order valence-corrected chi connectivity index (χ3v) is 5.37. The van der Waals surface area contributed by atoms with E-state index in [0.717, 1.165) is 16.0 Å². The van der Waals surface area contributed by atoms with Gasteiger partial charge in [-0.05, 0) is 24.0 Å². The first-order chi connectivity index (χ1) is 12.4. The monoisotopic (exact) mass is 371 g/mol. The fraction of sp³-hybridized carbons (Fsp3) is 0.389. The van der Waals surface area contributed by atoms with E-state index in [1.54, 1.807) is 6.07 Å². The Bertz CT molecular complexity index is 992. The molecule has 3 aromatic heterocycles. The van der Waals surface area contributed by atoms with Crippen LogP contribution >= 0.6 is 11.3 Å². The first-order valence-corrected chi connectivity index (χ1v) is 9.28. The van der Waals surface area contributed by atoms with Crippen molar-refractivity contribution in [3.63, 3.8) is 0 Å². The first-order valence-electron chi connectivity index (χ1n) is 8.47. The number of amides is 1. The molecule has 8 heteroatoms. The molecular weight excluding hydrogens is 350 g/mol. The van der Waals surface area contributed by atoms with Gasteiger partial charge in [0.05, 0.1) is 5.69 Å². The molecule has 0 unspecified atom stereocenters. The van der Waals surface area contributed by atoms with Crippen LogP contribution in [0.4, 0.5) is 5.82 Å². The lowest BCUT2D eigenvalue weighted by Crippen LogP contribution is -2.30. The van der Waals surface area contributed by atoms with Gasteiger partial charge in [-0.1, -0.05) is 27.7 Å². The highest BCUT2D eigenvalue weighted by Gasteiger charge is 2.19. The van der Waals surface area contributed by atoms with Crippen LogP contribution in [0.15, 0.2) is 29.5 Å². The molecule has 0 saturated carbocycles. The van der Waals surface area contributed by atoms with Gasteiger partial charge in [-0.15, -0.1) is 11.3 Å². The average Bonchev–Trinajstić information content (AvgIpc) is 3.04. The topological polar surface area (TPSA) is 89.8 Å². The lowest BCUT2D eigenvalue weighted by Gasteiger charge is -2.11. The minimum atomic E-state index is -0.354. The van der Waals surface area contributed by atoms with Crippen LogP contribution in [0, 0.1) is 0 Å². The van der Waals surface area contributed by atoms with Crippen molar-refractivity contribution < 1.29 is 4.79 Å². The highest BCUT2D eigenvalue weighted by molar-refractivity contribution is 7.19.